The van der Waals surface area contributed by atoms with E-state index in [0.717, 1.165) is 32.3 Å². The van der Waals surface area contributed by atoms with E-state index in [4.69, 9.17) is 12.2 Å². The summed E-state index contributed by atoms with van der Waals surface area (Å²) in [5, 5.41) is 0. The van der Waals surface area contributed by atoms with Crippen molar-refractivity contribution in [3.63, 3.8) is 0 Å². The Bertz CT molecular complexity index is 906. The number of hydrogen-bond acceptors (Lipinski definition) is 1. The second kappa shape index (κ2) is 5.48. The molecule has 0 saturated carbocycles. The highest BCUT2D eigenvalue weighted by Gasteiger charge is 2.12. The second-order valence-electron chi connectivity index (χ2n) is 4.94. The van der Waals surface area contributed by atoms with E-state index in [-0.39, 0.29) is 5.82 Å². The predicted octanol–water partition coefficient (Wildman–Crippen LogP) is 5.81. The molecule has 21 heavy (non-hydrogen) atoms. The molecular formula is C15H11BrFIN2S. The van der Waals surface area contributed by atoms with Gasteiger partial charge >= 0.3 is 0 Å². The van der Waals surface area contributed by atoms with Gasteiger partial charge in [0.25, 0.3) is 0 Å². The molecule has 0 radical (unpaired) electrons. The van der Waals surface area contributed by atoms with Crippen molar-refractivity contribution in [1.29, 1.82) is 0 Å². The van der Waals surface area contributed by atoms with Crippen LogP contribution in [0, 0.1) is 28.0 Å². The minimum Gasteiger partial charge on any atom is -0.330 e. The van der Waals surface area contributed by atoms with Crippen molar-refractivity contribution >= 4 is 61.8 Å². The Balaban J connectivity index is 2.37. The van der Waals surface area contributed by atoms with E-state index in [2.05, 4.69) is 20.9 Å². The third-order valence-electron chi connectivity index (χ3n) is 3.40. The van der Waals surface area contributed by atoms with Crippen LogP contribution in [-0.4, -0.2) is 9.55 Å². The van der Waals surface area contributed by atoms with Gasteiger partial charge in [-0.2, -0.15) is 0 Å². The monoisotopic (exact) mass is 476 g/mol. The number of nitrogens with one attached hydrogen (secondary N) is 1. The first-order valence-electron chi connectivity index (χ1n) is 6.25. The number of rotatable bonds is 1. The van der Waals surface area contributed by atoms with E-state index in [1.54, 1.807) is 6.07 Å². The minimum atomic E-state index is -0.239. The van der Waals surface area contributed by atoms with Crippen LogP contribution < -0.4 is 0 Å². The average Bonchev–Trinajstić information content (AvgIpc) is 2.71. The summed E-state index contributed by atoms with van der Waals surface area (Å²) in [4.78, 5) is 3.14. The van der Waals surface area contributed by atoms with Crippen LogP contribution in [0.3, 0.4) is 0 Å². The lowest BCUT2D eigenvalue weighted by atomic mass is 10.1. The number of aromatic nitrogens is 2. The van der Waals surface area contributed by atoms with Crippen molar-refractivity contribution in [3.05, 3.63) is 54.0 Å². The first-order chi connectivity index (χ1) is 9.88. The lowest BCUT2D eigenvalue weighted by Crippen LogP contribution is -1.97. The third-order valence-corrected chi connectivity index (χ3v) is 5.77. The molecule has 0 amide bonds. The molecule has 0 spiro atoms. The zero-order valence-electron chi connectivity index (χ0n) is 11.3. The Morgan fingerprint density at radius 2 is 1.81 bits per heavy atom. The molecule has 108 valence electrons. The summed E-state index contributed by atoms with van der Waals surface area (Å²) >= 11 is 11.0. The van der Waals surface area contributed by atoms with Crippen molar-refractivity contribution in [2.45, 2.75) is 13.8 Å². The number of H-pyrrole nitrogens is 1. The molecule has 0 saturated heterocycles. The predicted molar refractivity (Wildman–Crippen MR) is 98.3 cm³/mol. The van der Waals surface area contributed by atoms with Crippen LogP contribution in [0.4, 0.5) is 4.39 Å². The second-order valence-corrected chi connectivity index (χ2v) is 7.28. The zero-order valence-corrected chi connectivity index (χ0v) is 15.9. The molecule has 6 heteroatoms. The van der Waals surface area contributed by atoms with Gasteiger partial charge < -0.3 is 4.98 Å². The molecule has 0 fully saturated rings. The summed E-state index contributed by atoms with van der Waals surface area (Å²) in [5.74, 6) is -0.239. The van der Waals surface area contributed by atoms with E-state index >= 15 is 0 Å². The molecule has 0 aliphatic rings. The highest BCUT2D eigenvalue weighted by atomic mass is 127. The van der Waals surface area contributed by atoms with Crippen LogP contribution in [0.5, 0.6) is 0 Å². The number of halogens is 3. The van der Waals surface area contributed by atoms with Crippen molar-refractivity contribution < 1.29 is 4.39 Å². The topological polar surface area (TPSA) is 20.7 Å². The summed E-state index contributed by atoms with van der Waals surface area (Å²) in [7, 11) is 0. The number of aryl methyl sites for hydroxylation is 2. The first kappa shape index (κ1) is 15.2. The molecule has 0 bridgehead atoms. The summed E-state index contributed by atoms with van der Waals surface area (Å²) in [6.45, 7) is 4.06. The van der Waals surface area contributed by atoms with E-state index in [9.17, 15) is 4.39 Å². The quantitative estimate of drug-likeness (QED) is 0.347. The Hall–Kier alpha value is -0.730. The van der Waals surface area contributed by atoms with Crippen LogP contribution in [0.2, 0.25) is 0 Å². The molecule has 1 N–H and O–H groups in total. The van der Waals surface area contributed by atoms with Crippen molar-refractivity contribution in [2.75, 3.05) is 0 Å². The molecule has 2 nitrogen and oxygen atoms in total. The lowest BCUT2D eigenvalue weighted by molar-refractivity contribution is 0.622. The van der Waals surface area contributed by atoms with Crippen LogP contribution in [0.15, 0.2) is 28.7 Å². The van der Waals surface area contributed by atoms with Crippen molar-refractivity contribution in [1.82, 2.24) is 9.55 Å². The van der Waals surface area contributed by atoms with Gasteiger partial charge in [-0.25, -0.2) is 4.39 Å². The molecule has 3 aromatic rings. The highest BCUT2D eigenvalue weighted by Crippen LogP contribution is 2.28. The van der Waals surface area contributed by atoms with Crippen LogP contribution in [0.25, 0.3) is 16.7 Å². The van der Waals surface area contributed by atoms with Gasteiger partial charge in [0, 0.05) is 16.2 Å². The summed E-state index contributed by atoms with van der Waals surface area (Å²) < 4.78 is 18.0. The number of imidazole rings is 1. The lowest BCUT2D eigenvalue weighted by Gasteiger charge is -2.10. The maximum Gasteiger partial charge on any atom is 0.182 e. The van der Waals surface area contributed by atoms with Crippen LogP contribution in [0.1, 0.15) is 11.1 Å². The van der Waals surface area contributed by atoms with Crippen LogP contribution >= 0.6 is 50.7 Å². The number of fused-ring (bicyclic) bond motifs is 1. The molecule has 0 atom stereocenters. The smallest absolute Gasteiger partial charge is 0.182 e. The van der Waals surface area contributed by atoms with Gasteiger partial charge in [0.15, 0.2) is 4.77 Å². The normalized spacial score (nSPS) is 11.3. The Morgan fingerprint density at radius 3 is 2.43 bits per heavy atom. The number of benzene rings is 2. The summed E-state index contributed by atoms with van der Waals surface area (Å²) in [6.07, 6.45) is 0. The number of aromatic amines is 1. The largest absolute Gasteiger partial charge is 0.330 e. The molecule has 2 aromatic carbocycles. The van der Waals surface area contributed by atoms with E-state index in [0.29, 0.717) is 8.34 Å². The van der Waals surface area contributed by atoms with E-state index in [1.165, 1.54) is 6.07 Å². The number of hydrogen-bond donors (Lipinski definition) is 1. The molecular weight excluding hydrogens is 466 g/mol. The Labute approximate surface area is 148 Å². The van der Waals surface area contributed by atoms with Gasteiger partial charge in [-0.1, -0.05) is 15.9 Å². The minimum absolute atomic E-state index is 0.239. The molecule has 3 rings (SSSR count). The van der Waals surface area contributed by atoms with Crippen molar-refractivity contribution in [2.24, 2.45) is 0 Å². The van der Waals surface area contributed by atoms with Crippen molar-refractivity contribution in [3.8, 4) is 5.69 Å². The zero-order chi connectivity index (χ0) is 15.3. The maximum absolute atomic E-state index is 13.9. The van der Waals surface area contributed by atoms with Gasteiger partial charge in [-0.3, -0.25) is 4.57 Å². The van der Waals surface area contributed by atoms with Gasteiger partial charge in [0.2, 0.25) is 0 Å². The molecule has 0 unspecified atom stereocenters. The van der Waals surface area contributed by atoms with E-state index in [1.807, 2.05) is 53.1 Å². The fourth-order valence-electron chi connectivity index (χ4n) is 2.41. The van der Waals surface area contributed by atoms with Crippen LogP contribution in [-0.2, 0) is 0 Å². The molecule has 1 heterocycles. The van der Waals surface area contributed by atoms with Gasteiger partial charge in [0.1, 0.15) is 5.82 Å². The average molecular weight is 477 g/mol. The highest BCUT2D eigenvalue weighted by molar-refractivity contribution is 14.1. The molecule has 0 aliphatic heterocycles. The SMILES string of the molecule is Cc1cc(-n2c(=S)[nH]c3cc(I)c(F)cc32)cc(C)c1Br. The summed E-state index contributed by atoms with van der Waals surface area (Å²) in [5.41, 5.74) is 4.76. The number of nitrogens with zero attached hydrogens (tertiary/aromatic N) is 1. The van der Waals surface area contributed by atoms with Gasteiger partial charge in [-0.15, -0.1) is 0 Å². The first-order valence-corrected chi connectivity index (χ1v) is 8.53. The fourth-order valence-corrected chi connectivity index (χ4v) is 3.42. The molecule has 1 aromatic heterocycles. The van der Waals surface area contributed by atoms with Gasteiger partial charge in [0.05, 0.1) is 14.6 Å². The third kappa shape index (κ3) is 2.57. The molecule has 0 aliphatic carbocycles. The summed E-state index contributed by atoms with van der Waals surface area (Å²) in [6, 6.07) is 7.37. The Kier molecular flexibility index (Phi) is 3.96. The maximum atomic E-state index is 13.9. The Morgan fingerprint density at radius 1 is 1.19 bits per heavy atom. The van der Waals surface area contributed by atoms with E-state index < -0.39 is 0 Å². The van der Waals surface area contributed by atoms with Gasteiger partial charge in [-0.05, 0) is 78.0 Å². The fraction of sp³-hybridized carbons (Fsp3) is 0.133. The standard InChI is InChI=1S/C15H11BrFIN2S/c1-7-3-9(4-8(2)14(7)16)20-13-5-10(17)11(18)6-12(13)19-15(20)21/h3-6H,1-2H3,(H,19,21).